The Hall–Kier alpha value is -1.51. The number of hydroxylamine groups is 3. The first kappa shape index (κ1) is 24.5. The van der Waals surface area contributed by atoms with Crippen LogP contribution in [-0.2, 0) is 9.59 Å². The summed E-state index contributed by atoms with van der Waals surface area (Å²) < 4.78 is -0.000370. The molecular weight excluding hydrogens is 338 g/mol. The molecule has 0 radical (unpaired) electrons. The van der Waals surface area contributed by atoms with E-state index in [9.17, 15) is 14.8 Å². The van der Waals surface area contributed by atoms with Crippen LogP contribution in [0, 0.1) is 0 Å². The molecule has 0 saturated carbocycles. The highest BCUT2D eigenvalue weighted by Crippen LogP contribution is 2.17. The van der Waals surface area contributed by atoms with Gasteiger partial charge in [0, 0.05) is 6.42 Å². The van der Waals surface area contributed by atoms with E-state index in [0.717, 1.165) is 19.3 Å². The van der Waals surface area contributed by atoms with Crippen LogP contribution in [0.2, 0.25) is 0 Å². The summed E-state index contributed by atoms with van der Waals surface area (Å²) in [5, 5.41) is 27.2. The smallest absolute Gasteiger partial charge is 0.362 e. The lowest BCUT2D eigenvalue weighted by Crippen LogP contribution is -2.50. The molecule has 0 bridgehead atoms. The monoisotopic (exact) mass is 375 g/mol. The second-order valence-corrected chi connectivity index (χ2v) is 7.86. The molecule has 0 aliphatic carbocycles. The number of nitrogens with zero attached hydrogens (tertiary/aromatic N) is 3. The molecule has 0 aromatic carbocycles. The van der Waals surface area contributed by atoms with Gasteiger partial charge in [-0.2, -0.15) is 0 Å². The lowest BCUT2D eigenvalue weighted by Gasteiger charge is -2.23. The summed E-state index contributed by atoms with van der Waals surface area (Å²) in [6, 6.07) is 0. The number of carboxylic acids is 2. The Labute approximate surface area is 156 Å². The standard InChI is InChI=1S/C13H24N2O3.C5H11NO2/c1-2-3-4-5-6-7-8-12-14-9-10-15(12,18)11-13(16)17;1-6(2,3)4-5(7)8/h18H,2-11H2,1H3;4H2,1-3H3/p+2. The lowest BCUT2D eigenvalue weighted by molar-refractivity contribution is -1.02. The fourth-order valence-corrected chi connectivity index (χ4v) is 2.76. The molecule has 1 rings (SSSR count). The Kier molecular flexibility index (Phi) is 11.3. The number of aliphatic imine (C=N–C) groups is 1. The van der Waals surface area contributed by atoms with Crippen molar-refractivity contribution >= 4 is 17.8 Å². The van der Waals surface area contributed by atoms with Gasteiger partial charge in [-0.15, -0.1) is 4.65 Å². The van der Waals surface area contributed by atoms with E-state index in [2.05, 4.69) is 11.9 Å². The molecule has 0 amide bonds. The van der Waals surface area contributed by atoms with Crippen molar-refractivity contribution in [1.82, 2.24) is 0 Å². The SMILES string of the molecule is CCCCCCCCC1=NCC[N+]1(O)CC(=O)O.C[N+](C)(C)CC(=O)O. The van der Waals surface area contributed by atoms with E-state index in [1.807, 2.05) is 21.1 Å². The van der Waals surface area contributed by atoms with Gasteiger partial charge in [-0.3, -0.25) is 0 Å². The average molecular weight is 376 g/mol. The number of hydrogen-bond donors (Lipinski definition) is 3. The first-order chi connectivity index (χ1) is 12.0. The van der Waals surface area contributed by atoms with Crippen LogP contribution in [0.1, 0.15) is 51.9 Å². The highest BCUT2D eigenvalue weighted by atomic mass is 16.6. The van der Waals surface area contributed by atoms with E-state index in [1.54, 1.807) is 0 Å². The lowest BCUT2D eigenvalue weighted by atomic mass is 10.1. The second-order valence-electron chi connectivity index (χ2n) is 7.86. The highest BCUT2D eigenvalue weighted by Gasteiger charge is 2.39. The summed E-state index contributed by atoms with van der Waals surface area (Å²) in [7, 11) is 5.52. The fraction of sp³-hybridized carbons (Fsp3) is 0.833. The highest BCUT2D eigenvalue weighted by molar-refractivity contribution is 5.79. The molecule has 1 unspecified atom stereocenters. The minimum absolute atomic E-state index is 0.181. The zero-order chi connectivity index (χ0) is 20.2. The van der Waals surface area contributed by atoms with Gasteiger partial charge in [0.25, 0.3) is 0 Å². The Morgan fingerprint density at radius 3 is 2.08 bits per heavy atom. The van der Waals surface area contributed by atoms with Crippen LogP contribution >= 0.6 is 0 Å². The van der Waals surface area contributed by atoms with Crippen molar-refractivity contribution in [3.8, 4) is 0 Å². The van der Waals surface area contributed by atoms with Crippen LogP contribution in [0.3, 0.4) is 0 Å². The predicted molar refractivity (Wildman–Crippen MR) is 100 cm³/mol. The second kappa shape index (κ2) is 12.0. The molecule has 1 aliphatic rings. The van der Waals surface area contributed by atoms with E-state index in [0.29, 0.717) is 23.4 Å². The summed E-state index contributed by atoms with van der Waals surface area (Å²) in [4.78, 5) is 25.0. The van der Waals surface area contributed by atoms with Gasteiger partial charge in [0.05, 0.1) is 27.7 Å². The molecule has 1 atom stereocenters. The fourth-order valence-electron chi connectivity index (χ4n) is 2.76. The molecule has 0 fully saturated rings. The quantitative estimate of drug-likeness (QED) is 0.379. The summed E-state index contributed by atoms with van der Waals surface area (Å²) in [5.41, 5.74) is 0. The minimum Gasteiger partial charge on any atom is -0.477 e. The molecule has 0 spiro atoms. The summed E-state index contributed by atoms with van der Waals surface area (Å²) in [6.45, 7) is 3.04. The molecule has 0 saturated heterocycles. The Balaban J connectivity index is 0.000000660. The van der Waals surface area contributed by atoms with Gasteiger partial charge in [-0.05, 0) is 6.42 Å². The average Bonchev–Trinajstić information content (AvgIpc) is 2.80. The maximum Gasteiger partial charge on any atom is 0.362 e. The summed E-state index contributed by atoms with van der Waals surface area (Å²) in [5.74, 6) is -1.08. The van der Waals surface area contributed by atoms with Gasteiger partial charge in [0.1, 0.15) is 6.54 Å². The number of carboxylic acid groups (broad SMARTS) is 2. The van der Waals surface area contributed by atoms with Crippen molar-refractivity contribution in [2.75, 3.05) is 47.3 Å². The van der Waals surface area contributed by atoms with Gasteiger partial charge in [-0.1, -0.05) is 39.0 Å². The van der Waals surface area contributed by atoms with Crippen LogP contribution in [0.4, 0.5) is 0 Å². The van der Waals surface area contributed by atoms with Gasteiger partial charge < -0.3 is 14.7 Å². The first-order valence-electron chi connectivity index (χ1n) is 9.38. The van der Waals surface area contributed by atoms with Crippen LogP contribution in [0.15, 0.2) is 4.99 Å². The molecule has 26 heavy (non-hydrogen) atoms. The van der Waals surface area contributed by atoms with Crippen LogP contribution in [0.25, 0.3) is 0 Å². The molecule has 0 aromatic rings. The van der Waals surface area contributed by atoms with Crippen molar-refractivity contribution in [1.29, 1.82) is 0 Å². The Bertz CT molecular complexity index is 474. The van der Waals surface area contributed by atoms with Crippen molar-refractivity contribution in [2.24, 2.45) is 4.99 Å². The molecule has 152 valence electrons. The molecule has 8 heteroatoms. The molecular formula is C18H37N3O5+2. The molecule has 8 nitrogen and oxygen atoms in total. The van der Waals surface area contributed by atoms with Gasteiger partial charge in [0.2, 0.25) is 12.4 Å². The minimum atomic E-state index is -0.977. The zero-order valence-corrected chi connectivity index (χ0v) is 16.8. The number of amidine groups is 1. The Morgan fingerprint density at radius 2 is 1.62 bits per heavy atom. The van der Waals surface area contributed by atoms with E-state index in [4.69, 9.17) is 10.2 Å². The van der Waals surface area contributed by atoms with Crippen molar-refractivity contribution < 1.29 is 34.1 Å². The number of rotatable bonds is 11. The predicted octanol–water partition coefficient (Wildman–Crippen LogP) is 2.22. The van der Waals surface area contributed by atoms with Crippen molar-refractivity contribution in [3.05, 3.63) is 0 Å². The van der Waals surface area contributed by atoms with Gasteiger partial charge in [-0.25, -0.2) is 19.8 Å². The van der Waals surface area contributed by atoms with E-state index in [1.165, 1.54) is 25.7 Å². The molecule has 0 aromatic heterocycles. The number of aliphatic carboxylic acids is 2. The molecule has 1 heterocycles. The number of hydrogen-bond acceptors (Lipinski definition) is 4. The van der Waals surface area contributed by atoms with E-state index < -0.39 is 16.6 Å². The van der Waals surface area contributed by atoms with Crippen molar-refractivity contribution in [3.63, 3.8) is 0 Å². The maximum atomic E-state index is 10.7. The van der Waals surface area contributed by atoms with Gasteiger partial charge >= 0.3 is 11.9 Å². The maximum absolute atomic E-state index is 10.7. The normalized spacial score (nSPS) is 19.5. The van der Waals surface area contributed by atoms with Crippen LogP contribution in [-0.4, -0.2) is 89.6 Å². The molecule has 1 aliphatic heterocycles. The van der Waals surface area contributed by atoms with Crippen molar-refractivity contribution in [2.45, 2.75) is 51.9 Å². The zero-order valence-electron chi connectivity index (χ0n) is 16.8. The summed E-state index contributed by atoms with van der Waals surface area (Å²) in [6.07, 6.45) is 7.83. The first-order valence-corrected chi connectivity index (χ1v) is 9.38. The Morgan fingerprint density at radius 1 is 1.04 bits per heavy atom. The summed E-state index contributed by atoms with van der Waals surface area (Å²) >= 11 is 0. The van der Waals surface area contributed by atoms with Gasteiger partial charge in [0.15, 0.2) is 6.54 Å². The van der Waals surface area contributed by atoms with Crippen LogP contribution in [0.5, 0.6) is 0 Å². The number of unbranched alkanes of at least 4 members (excludes halogenated alkanes) is 5. The topological polar surface area (TPSA) is 107 Å². The van der Waals surface area contributed by atoms with Crippen LogP contribution < -0.4 is 0 Å². The number of carbonyl (C=O) groups is 2. The third-order valence-corrected chi connectivity index (χ3v) is 4.01. The number of quaternary nitrogens is 2. The third kappa shape index (κ3) is 11.9. The largest absolute Gasteiger partial charge is 0.477 e. The van der Waals surface area contributed by atoms with E-state index >= 15 is 0 Å². The molecule has 3 N–H and O–H groups in total. The van der Waals surface area contributed by atoms with E-state index in [-0.39, 0.29) is 13.1 Å². The number of likely N-dealkylation sites (N-methyl/N-ethyl adjacent to an activating group) is 1. The third-order valence-electron chi connectivity index (χ3n) is 4.01.